The van der Waals surface area contributed by atoms with Crippen molar-refractivity contribution in [1.82, 2.24) is 14.8 Å². The topological polar surface area (TPSA) is 83.0 Å². The van der Waals surface area contributed by atoms with Crippen LogP contribution in [0.5, 0.6) is 5.88 Å². The largest absolute Gasteiger partial charge is 0.411 e. The van der Waals surface area contributed by atoms with Crippen LogP contribution in [-0.2, 0) is 5.41 Å². The van der Waals surface area contributed by atoms with Gasteiger partial charge in [0.05, 0.1) is 16.9 Å². The van der Waals surface area contributed by atoms with Crippen LogP contribution in [0.2, 0.25) is 0 Å². The summed E-state index contributed by atoms with van der Waals surface area (Å²) >= 11 is 0. The summed E-state index contributed by atoms with van der Waals surface area (Å²) in [5.74, 6) is 0.297. The second kappa shape index (κ2) is 5.39. The monoisotopic (exact) mass is 310 g/mol. The Morgan fingerprint density at radius 2 is 2.00 bits per heavy atom. The Bertz CT molecular complexity index is 878. The summed E-state index contributed by atoms with van der Waals surface area (Å²) in [6.45, 7) is 6.12. The van der Waals surface area contributed by atoms with E-state index >= 15 is 0 Å². The van der Waals surface area contributed by atoms with Crippen molar-refractivity contribution >= 4 is 17.0 Å². The normalized spacial score (nSPS) is 11.6. The number of aromatic nitrogens is 3. The van der Waals surface area contributed by atoms with Crippen LogP contribution in [0, 0.1) is 0 Å². The molecule has 0 aliphatic carbocycles. The van der Waals surface area contributed by atoms with Crippen molar-refractivity contribution in [2.24, 2.45) is 5.73 Å². The van der Waals surface area contributed by atoms with Gasteiger partial charge in [-0.1, -0.05) is 26.8 Å². The Balaban J connectivity index is 2.15. The smallest absolute Gasteiger partial charge is 0.391 e. The number of carbonyl (C=O) groups excluding carboxylic acids is 1. The molecule has 2 aromatic heterocycles. The minimum atomic E-state index is -0.867. The first kappa shape index (κ1) is 15.0. The van der Waals surface area contributed by atoms with Gasteiger partial charge in [-0.3, -0.25) is 4.98 Å². The molecule has 2 N–H and O–H groups in total. The third-order valence-corrected chi connectivity index (χ3v) is 3.48. The second-order valence-electron chi connectivity index (χ2n) is 6.33. The van der Waals surface area contributed by atoms with Crippen molar-refractivity contribution < 1.29 is 9.53 Å². The number of pyridine rings is 1. The molecule has 6 heteroatoms. The van der Waals surface area contributed by atoms with Gasteiger partial charge in [-0.2, -0.15) is 5.10 Å². The average molecular weight is 310 g/mol. The third kappa shape index (κ3) is 3.01. The highest BCUT2D eigenvalue weighted by molar-refractivity contribution is 5.80. The number of nitrogens with zero attached hydrogens (tertiary/aromatic N) is 3. The summed E-state index contributed by atoms with van der Waals surface area (Å²) in [5, 5.41) is 5.55. The molecule has 6 nitrogen and oxygen atoms in total. The standard InChI is InChI=1S/C17H18N4O2/c1-17(2,3)14-10-15(23-16(18)22)21(20-14)12-6-7-13-11(9-12)5-4-8-19-13/h4-10H,1-3H3,(H2,18,22). The van der Waals surface area contributed by atoms with Crippen LogP contribution in [0.15, 0.2) is 42.6 Å². The molecule has 23 heavy (non-hydrogen) atoms. The van der Waals surface area contributed by atoms with E-state index in [1.54, 1.807) is 16.9 Å². The molecule has 3 rings (SSSR count). The van der Waals surface area contributed by atoms with Gasteiger partial charge < -0.3 is 10.5 Å². The summed E-state index contributed by atoms with van der Waals surface area (Å²) in [6.07, 6.45) is 0.879. The summed E-state index contributed by atoms with van der Waals surface area (Å²) in [4.78, 5) is 15.5. The maximum atomic E-state index is 11.2. The van der Waals surface area contributed by atoms with Gasteiger partial charge >= 0.3 is 6.09 Å². The average Bonchev–Trinajstić information content (AvgIpc) is 2.90. The van der Waals surface area contributed by atoms with E-state index in [2.05, 4.69) is 10.1 Å². The fraction of sp³-hybridized carbons (Fsp3) is 0.235. The van der Waals surface area contributed by atoms with Gasteiger partial charge in [0, 0.05) is 23.1 Å². The Kier molecular flexibility index (Phi) is 3.52. The van der Waals surface area contributed by atoms with Crippen LogP contribution in [-0.4, -0.2) is 20.9 Å². The molecule has 3 aromatic rings. The van der Waals surface area contributed by atoms with E-state index in [1.807, 2.05) is 51.1 Å². The van der Waals surface area contributed by atoms with Crippen molar-refractivity contribution in [1.29, 1.82) is 0 Å². The second-order valence-corrected chi connectivity index (χ2v) is 6.33. The number of benzene rings is 1. The van der Waals surface area contributed by atoms with E-state index in [0.717, 1.165) is 22.3 Å². The van der Waals surface area contributed by atoms with E-state index in [4.69, 9.17) is 10.5 Å². The minimum Gasteiger partial charge on any atom is -0.391 e. The zero-order valence-corrected chi connectivity index (χ0v) is 13.3. The Morgan fingerprint density at radius 3 is 2.70 bits per heavy atom. The highest BCUT2D eigenvalue weighted by Gasteiger charge is 2.22. The maximum absolute atomic E-state index is 11.2. The number of amides is 1. The molecule has 1 amide bonds. The lowest BCUT2D eigenvalue weighted by Gasteiger charge is -2.14. The fourth-order valence-electron chi connectivity index (χ4n) is 2.29. The molecule has 0 fully saturated rings. The molecule has 2 heterocycles. The lowest BCUT2D eigenvalue weighted by Crippen LogP contribution is -2.18. The zero-order valence-electron chi connectivity index (χ0n) is 13.3. The maximum Gasteiger partial charge on any atom is 0.411 e. The molecule has 0 unspecified atom stereocenters. The predicted octanol–water partition coefficient (Wildman–Crippen LogP) is 3.18. The molecule has 0 radical (unpaired) electrons. The molecule has 0 saturated carbocycles. The highest BCUT2D eigenvalue weighted by atomic mass is 16.6. The molecule has 0 aliphatic rings. The predicted molar refractivity (Wildman–Crippen MR) is 87.8 cm³/mol. The molecule has 0 atom stereocenters. The van der Waals surface area contributed by atoms with E-state index in [9.17, 15) is 4.79 Å². The van der Waals surface area contributed by atoms with E-state index in [-0.39, 0.29) is 5.41 Å². The van der Waals surface area contributed by atoms with Crippen molar-refractivity contribution in [3.05, 3.63) is 48.3 Å². The fourth-order valence-corrected chi connectivity index (χ4v) is 2.29. The Hall–Kier alpha value is -2.89. The first-order valence-electron chi connectivity index (χ1n) is 7.27. The number of rotatable bonds is 2. The van der Waals surface area contributed by atoms with E-state index in [0.29, 0.717) is 5.88 Å². The summed E-state index contributed by atoms with van der Waals surface area (Å²) in [5.41, 5.74) is 7.45. The van der Waals surface area contributed by atoms with Gasteiger partial charge in [0.2, 0.25) is 5.88 Å². The Labute approximate surface area is 133 Å². The molecule has 0 spiro atoms. The van der Waals surface area contributed by atoms with E-state index < -0.39 is 6.09 Å². The zero-order chi connectivity index (χ0) is 16.6. The first-order chi connectivity index (χ1) is 10.8. The van der Waals surface area contributed by atoms with Gasteiger partial charge in [0.15, 0.2) is 0 Å². The molecule has 0 bridgehead atoms. The summed E-state index contributed by atoms with van der Waals surface area (Å²) in [7, 11) is 0. The first-order valence-corrected chi connectivity index (χ1v) is 7.27. The summed E-state index contributed by atoms with van der Waals surface area (Å²) in [6, 6.07) is 11.3. The quantitative estimate of drug-likeness (QED) is 0.788. The highest BCUT2D eigenvalue weighted by Crippen LogP contribution is 2.28. The van der Waals surface area contributed by atoms with Gasteiger partial charge in [-0.15, -0.1) is 0 Å². The SMILES string of the molecule is CC(C)(C)c1cc(OC(N)=O)n(-c2ccc3ncccc3c2)n1. The van der Waals surface area contributed by atoms with Gasteiger partial charge in [-0.25, -0.2) is 9.48 Å². The van der Waals surface area contributed by atoms with Crippen LogP contribution in [0.1, 0.15) is 26.5 Å². The lowest BCUT2D eigenvalue weighted by atomic mass is 9.93. The van der Waals surface area contributed by atoms with Gasteiger partial charge in [0.1, 0.15) is 0 Å². The molecular weight excluding hydrogens is 292 g/mol. The minimum absolute atomic E-state index is 0.181. The van der Waals surface area contributed by atoms with Crippen molar-refractivity contribution in [3.8, 4) is 11.6 Å². The van der Waals surface area contributed by atoms with Crippen molar-refractivity contribution in [2.75, 3.05) is 0 Å². The van der Waals surface area contributed by atoms with Crippen LogP contribution >= 0.6 is 0 Å². The molecular formula is C17H18N4O2. The Morgan fingerprint density at radius 1 is 1.22 bits per heavy atom. The van der Waals surface area contributed by atoms with Gasteiger partial charge in [-0.05, 0) is 24.3 Å². The number of hydrogen-bond donors (Lipinski definition) is 1. The molecule has 0 aliphatic heterocycles. The van der Waals surface area contributed by atoms with Crippen molar-refractivity contribution in [2.45, 2.75) is 26.2 Å². The number of ether oxygens (including phenoxy) is 1. The van der Waals surface area contributed by atoms with Gasteiger partial charge in [0.25, 0.3) is 0 Å². The van der Waals surface area contributed by atoms with Crippen molar-refractivity contribution in [3.63, 3.8) is 0 Å². The van der Waals surface area contributed by atoms with Crippen LogP contribution < -0.4 is 10.5 Å². The summed E-state index contributed by atoms with van der Waals surface area (Å²) < 4.78 is 6.69. The van der Waals surface area contributed by atoms with E-state index in [1.165, 1.54) is 0 Å². The molecule has 0 saturated heterocycles. The van der Waals surface area contributed by atoms with Crippen LogP contribution in [0.4, 0.5) is 4.79 Å². The molecule has 1 aromatic carbocycles. The molecule has 118 valence electrons. The van der Waals surface area contributed by atoms with Crippen LogP contribution in [0.25, 0.3) is 16.6 Å². The lowest BCUT2D eigenvalue weighted by molar-refractivity contribution is 0.207. The number of fused-ring (bicyclic) bond motifs is 1. The number of primary amides is 1. The number of nitrogens with two attached hydrogens (primary N) is 1. The number of carbonyl (C=O) groups is 1. The number of hydrogen-bond acceptors (Lipinski definition) is 4. The third-order valence-electron chi connectivity index (χ3n) is 3.48. The van der Waals surface area contributed by atoms with Crippen LogP contribution in [0.3, 0.4) is 0 Å².